The molecule has 0 radical (unpaired) electrons. The van der Waals surface area contributed by atoms with E-state index in [4.69, 9.17) is 19.3 Å². The van der Waals surface area contributed by atoms with E-state index in [1.807, 2.05) is 0 Å². The molecular formula is C24H22O12. The van der Waals surface area contributed by atoms with Crippen LogP contribution in [0.1, 0.15) is 43.8 Å². The zero-order valence-electron chi connectivity index (χ0n) is 18.8. The summed E-state index contributed by atoms with van der Waals surface area (Å²) in [6.07, 6.45) is -9.41. The minimum absolute atomic E-state index is 0.0139. The molecule has 12 nitrogen and oxygen atoms in total. The molecule has 1 heterocycles. The molecule has 0 amide bonds. The second-order valence-corrected chi connectivity index (χ2v) is 8.43. The van der Waals surface area contributed by atoms with Crippen molar-refractivity contribution in [3.05, 3.63) is 58.1 Å². The SMILES string of the molecule is Cc1cc(O)c2c(c1)C(=O)c1cccc(O[C@@H]3O[C@@H](COC(=O)CC(=O)O)[C@@H](O)[C@@H](O)[C@H]3O)c1C2=O. The van der Waals surface area contributed by atoms with Gasteiger partial charge < -0.3 is 39.7 Å². The van der Waals surface area contributed by atoms with Crippen LogP contribution >= 0.6 is 0 Å². The van der Waals surface area contributed by atoms with Crippen LogP contribution in [-0.4, -0.2) is 86.4 Å². The van der Waals surface area contributed by atoms with Crippen LogP contribution < -0.4 is 4.74 Å². The number of carbonyl (C=O) groups is 4. The molecule has 12 heteroatoms. The van der Waals surface area contributed by atoms with Gasteiger partial charge in [-0.05, 0) is 30.7 Å². The van der Waals surface area contributed by atoms with Gasteiger partial charge in [-0.1, -0.05) is 12.1 Å². The molecule has 1 fully saturated rings. The van der Waals surface area contributed by atoms with E-state index in [1.165, 1.54) is 30.3 Å². The van der Waals surface area contributed by atoms with Crippen LogP contribution in [0.4, 0.5) is 0 Å². The van der Waals surface area contributed by atoms with E-state index in [2.05, 4.69) is 0 Å². The molecule has 0 spiro atoms. The number of aryl methyl sites for hydroxylation is 1. The number of hydrogen-bond acceptors (Lipinski definition) is 11. The van der Waals surface area contributed by atoms with Gasteiger partial charge in [0.05, 0.1) is 11.1 Å². The number of aliphatic carboxylic acids is 1. The molecule has 0 bridgehead atoms. The smallest absolute Gasteiger partial charge is 0.317 e. The van der Waals surface area contributed by atoms with E-state index in [-0.39, 0.29) is 33.8 Å². The third kappa shape index (κ3) is 4.54. The summed E-state index contributed by atoms with van der Waals surface area (Å²) < 4.78 is 15.9. The average molecular weight is 502 g/mol. The quantitative estimate of drug-likeness (QED) is 0.218. The summed E-state index contributed by atoms with van der Waals surface area (Å²) in [5.41, 5.74) is 0.176. The van der Waals surface area contributed by atoms with Crippen LogP contribution in [0.3, 0.4) is 0 Å². The van der Waals surface area contributed by atoms with Crippen molar-refractivity contribution in [2.45, 2.75) is 44.1 Å². The van der Waals surface area contributed by atoms with Gasteiger partial charge in [0.15, 0.2) is 5.78 Å². The summed E-state index contributed by atoms with van der Waals surface area (Å²) in [5.74, 6) is -4.39. The van der Waals surface area contributed by atoms with E-state index in [0.717, 1.165) is 0 Å². The van der Waals surface area contributed by atoms with Gasteiger partial charge >= 0.3 is 11.9 Å². The maximum absolute atomic E-state index is 13.3. The fourth-order valence-electron chi connectivity index (χ4n) is 4.13. The number of hydrogen-bond donors (Lipinski definition) is 5. The Bertz CT molecular complexity index is 1250. The minimum atomic E-state index is -1.82. The normalized spacial score (nSPS) is 25.1. The first kappa shape index (κ1) is 25.3. The van der Waals surface area contributed by atoms with E-state index < -0.39 is 67.2 Å². The first-order valence-electron chi connectivity index (χ1n) is 10.8. The molecule has 1 aliphatic heterocycles. The topological polar surface area (TPSA) is 197 Å². The van der Waals surface area contributed by atoms with Crippen LogP contribution in [0.2, 0.25) is 0 Å². The number of carbonyl (C=O) groups excluding carboxylic acids is 3. The Labute approximate surface area is 203 Å². The van der Waals surface area contributed by atoms with Gasteiger partial charge in [0.1, 0.15) is 48.9 Å². The van der Waals surface area contributed by atoms with Crippen molar-refractivity contribution in [2.75, 3.05) is 6.61 Å². The summed E-state index contributed by atoms with van der Waals surface area (Å²) in [6.45, 7) is 0.992. The predicted octanol–water partition coefficient (Wildman–Crippen LogP) is -0.320. The molecule has 0 saturated carbocycles. The fourth-order valence-corrected chi connectivity index (χ4v) is 4.13. The Balaban J connectivity index is 1.61. The standard InChI is InChI=1S/C24H22O12/c1-9-5-11-17(12(25)6-9)21(31)18-10(19(11)29)3-2-4-13(18)35-24-23(33)22(32)20(30)14(36-24)8-34-16(28)7-15(26)27/h2-6,14,20,22-25,30,32-33H,7-8H2,1H3,(H,26,27)/t14-,20+,22+,23+,24+/m0/s1. The predicted molar refractivity (Wildman–Crippen MR) is 117 cm³/mol. The Kier molecular flexibility index (Phi) is 6.78. The molecule has 0 aromatic heterocycles. The minimum Gasteiger partial charge on any atom is -0.507 e. The first-order valence-corrected chi connectivity index (χ1v) is 10.8. The molecule has 4 rings (SSSR count). The molecule has 5 atom stereocenters. The Morgan fingerprint density at radius 1 is 0.972 bits per heavy atom. The van der Waals surface area contributed by atoms with E-state index >= 15 is 0 Å². The lowest BCUT2D eigenvalue weighted by atomic mass is 9.82. The van der Waals surface area contributed by atoms with Gasteiger partial charge in [0.25, 0.3) is 0 Å². The summed E-state index contributed by atoms with van der Waals surface area (Å²) >= 11 is 0. The summed E-state index contributed by atoms with van der Waals surface area (Å²) in [5, 5.41) is 49.8. The van der Waals surface area contributed by atoms with Crippen LogP contribution in [-0.2, 0) is 19.1 Å². The third-order valence-corrected chi connectivity index (χ3v) is 5.85. The van der Waals surface area contributed by atoms with E-state index in [9.17, 15) is 39.6 Å². The van der Waals surface area contributed by atoms with Crippen molar-refractivity contribution in [1.29, 1.82) is 0 Å². The highest BCUT2D eigenvalue weighted by atomic mass is 16.7. The third-order valence-electron chi connectivity index (χ3n) is 5.85. The second kappa shape index (κ2) is 9.66. The Hall–Kier alpha value is -3.84. The van der Waals surface area contributed by atoms with Crippen molar-refractivity contribution in [3.63, 3.8) is 0 Å². The van der Waals surface area contributed by atoms with Crippen molar-refractivity contribution >= 4 is 23.5 Å². The average Bonchev–Trinajstić information content (AvgIpc) is 2.81. The molecule has 1 aliphatic carbocycles. The maximum atomic E-state index is 13.3. The van der Waals surface area contributed by atoms with Gasteiger partial charge in [0.2, 0.25) is 12.1 Å². The molecule has 36 heavy (non-hydrogen) atoms. The molecule has 1 saturated heterocycles. The number of aromatic hydroxyl groups is 1. The van der Waals surface area contributed by atoms with Crippen molar-refractivity contribution in [1.82, 2.24) is 0 Å². The lowest BCUT2D eigenvalue weighted by molar-refractivity contribution is -0.278. The monoisotopic (exact) mass is 502 g/mol. The Morgan fingerprint density at radius 2 is 1.69 bits per heavy atom. The largest absolute Gasteiger partial charge is 0.507 e. The van der Waals surface area contributed by atoms with Crippen LogP contribution in [0.25, 0.3) is 0 Å². The highest BCUT2D eigenvalue weighted by Gasteiger charge is 2.46. The van der Waals surface area contributed by atoms with E-state index in [1.54, 1.807) is 6.92 Å². The fraction of sp³-hybridized carbons (Fsp3) is 0.333. The van der Waals surface area contributed by atoms with Gasteiger partial charge in [-0.25, -0.2) is 0 Å². The van der Waals surface area contributed by atoms with Crippen molar-refractivity contribution < 1.29 is 58.9 Å². The molecule has 2 aliphatic rings. The second-order valence-electron chi connectivity index (χ2n) is 8.43. The number of carboxylic acids is 1. The summed E-state index contributed by atoms with van der Waals surface area (Å²) in [6, 6.07) is 6.95. The number of ketones is 2. The number of benzene rings is 2. The number of aliphatic hydroxyl groups excluding tert-OH is 3. The zero-order chi connectivity index (χ0) is 26.3. The number of phenols is 1. The molecule has 2 aromatic carbocycles. The highest BCUT2D eigenvalue weighted by Crippen LogP contribution is 2.38. The van der Waals surface area contributed by atoms with Crippen molar-refractivity contribution in [3.8, 4) is 11.5 Å². The number of aliphatic hydroxyl groups is 3. The highest BCUT2D eigenvalue weighted by molar-refractivity contribution is 6.30. The van der Waals surface area contributed by atoms with Crippen molar-refractivity contribution in [2.24, 2.45) is 0 Å². The number of fused-ring (bicyclic) bond motifs is 2. The number of phenolic OH excluding ortho intramolecular Hbond substituents is 1. The Morgan fingerprint density at radius 3 is 2.39 bits per heavy atom. The molecule has 5 N–H and O–H groups in total. The zero-order valence-corrected chi connectivity index (χ0v) is 18.8. The van der Waals surface area contributed by atoms with E-state index in [0.29, 0.717) is 5.56 Å². The molecule has 0 unspecified atom stereocenters. The van der Waals surface area contributed by atoms with Crippen LogP contribution in [0, 0.1) is 6.92 Å². The molecule has 2 aromatic rings. The number of esters is 1. The number of carboxylic acid groups (broad SMARTS) is 1. The summed E-state index contributed by atoms with van der Waals surface area (Å²) in [7, 11) is 0. The molecule has 190 valence electrons. The first-order chi connectivity index (χ1) is 17.0. The number of ether oxygens (including phenoxy) is 3. The van der Waals surface area contributed by atoms with Gasteiger partial charge in [-0.15, -0.1) is 0 Å². The van der Waals surface area contributed by atoms with Gasteiger partial charge in [-0.3, -0.25) is 19.2 Å². The summed E-state index contributed by atoms with van der Waals surface area (Å²) in [4.78, 5) is 48.5. The lowest BCUT2D eigenvalue weighted by Crippen LogP contribution is -2.60. The lowest BCUT2D eigenvalue weighted by Gasteiger charge is -2.40. The van der Waals surface area contributed by atoms with Crippen LogP contribution in [0.15, 0.2) is 30.3 Å². The van der Waals surface area contributed by atoms with Gasteiger partial charge in [-0.2, -0.15) is 0 Å². The molecular weight excluding hydrogens is 480 g/mol. The van der Waals surface area contributed by atoms with Crippen LogP contribution in [0.5, 0.6) is 11.5 Å². The van der Waals surface area contributed by atoms with Gasteiger partial charge in [0, 0.05) is 11.1 Å². The number of rotatable bonds is 6. The maximum Gasteiger partial charge on any atom is 0.317 e.